The molecule has 0 aromatic heterocycles. The predicted octanol–water partition coefficient (Wildman–Crippen LogP) is -0.359. The van der Waals surface area contributed by atoms with E-state index >= 15 is 0 Å². The fourth-order valence-electron chi connectivity index (χ4n) is 0.506. The van der Waals surface area contributed by atoms with E-state index in [1.165, 1.54) is 19.7 Å². The molecule has 0 spiro atoms. The summed E-state index contributed by atoms with van der Waals surface area (Å²) in [6.07, 6.45) is 2.04. The smallest absolute Gasteiger partial charge is 0.281 e. The van der Waals surface area contributed by atoms with E-state index in [0.29, 0.717) is 0 Å². The first kappa shape index (κ1) is 6.10. The minimum absolute atomic E-state index is 0.299. The molecule has 1 heterocycles. The highest BCUT2D eigenvalue weighted by molar-refractivity contribution is 6.04. The molecule has 9 heavy (non-hydrogen) atoms. The van der Waals surface area contributed by atoms with Crippen LogP contribution in [0.25, 0.3) is 0 Å². The number of methoxy groups -OCH3 is 1. The highest BCUT2D eigenvalue weighted by Gasteiger charge is 2.14. The number of amides is 1. The van der Waals surface area contributed by atoms with Crippen molar-refractivity contribution in [2.45, 2.75) is 6.10 Å². The Morgan fingerprint density at radius 2 is 2.56 bits per heavy atom. The molecule has 0 N–H and O–H groups in total. The summed E-state index contributed by atoms with van der Waals surface area (Å²) in [5.74, 6) is -0.299. The van der Waals surface area contributed by atoms with E-state index in [1.54, 1.807) is 0 Å². The molecule has 0 saturated carbocycles. The topological polar surface area (TPSA) is 51.0 Å². The summed E-state index contributed by atoms with van der Waals surface area (Å²) in [6.45, 7) is 0. The second-order valence-corrected chi connectivity index (χ2v) is 1.54. The molecule has 4 nitrogen and oxygen atoms in total. The molecule has 1 atom stereocenters. The summed E-state index contributed by atoms with van der Waals surface area (Å²) >= 11 is 0. The van der Waals surface area contributed by atoms with E-state index in [4.69, 9.17) is 4.74 Å². The van der Waals surface area contributed by atoms with Crippen LogP contribution in [0, 0.1) is 0 Å². The zero-order valence-corrected chi connectivity index (χ0v) is 4.94. The lowest BCUT2D eigenvalue weighted by Gasteiger charge is -2.05. The Labute approximate surface area is 52.3 Å². The maximum absolute atomic E-state index is 10.6. The highest BCUT2D eigenvalue weighted by Crippen LogP contribution is 1.93. The van der Waals surface area contributed by atoms with Gasteiger partial charge in [0.05, 0.1) is 0 Å². The summed E-state index contributed by atoms with van der Waals surface area (Å²) < 4.78 is 4.69. The van der Waals surface area contributed by atoms with Gasteiger partial charge in [0.1, 0.15) is 6.34 Å². The van der Waals surface area contributed by atoms with Crippen LogP contribution in [0.15, 0.2) is 9.98 Å². The summed E-state index contributed by atoms with van der Waals surface area (Å²) in [5, 5.41) is 0. The third kappa shape index (κ3) is 1.20. The fourth-order valence-corrected chi connectivity index (χ4v) is 0.506. The van der Waals surface area contributed by atoms with E-state index in [0.717, 1.165) is 0 Å². The van der Waals surface area contributed by atoms with Gasteiger partial charge in [-0.3, -0.25) is 4.79 Å². The van der Waals surface area contributed by atoms with Gasteiger partial charge >= 0.3 is 0 Å². The van der Waals surface area contributed by atoms with E-state index in [-0.39, 0.29) is 5.91 Å². The summed E-state index contributed by atoms with van der Waals surface area (Å²) in [4.78, 5) is 17.6. The maximum atomic E-state index is 10.6. The molecule has 0 aromatic carbocycles. The highest BCUT2D eigenvalue weighted by atomic mass is 16.5. The number of hydrogen-bond donors (Lipinski definition) is 0. The van der Waals surface area contributed by atoms with Crippen LogP contribution >= 0.6 is 0 Å². The third-order valence-corrected chi connectivity index (χ3v) is 0.970. The predicted molar refractivity (Wildman–Crippen MR) is 32.8 cm³/mol. The summed E-state index contributed by atoms with van der Waals surface area (Å²) in [5.41, 5.74) is 0. The average molecular weight is 126 g/mol. The lowest BCUT2D eigenvalue weighted by atomic mass is 10.3. The molecule has 0 bridgehead atoms. The van der Waals surface area contributed by atoms with Crippen LogP contribution < -0.4 is 0 Å². The molecule has 0 radical (unpaired) electrons. The number of nitrogens with zero attached hydrogens (tertiary/aromatic N) is 2. The van der Waals surface area contributed by atoms with Crippen molar-refractivity contribution in [3.63, 3.8) is 0 Å². The molecule has 0 aromatic rings. The molecule has 1 aliphatic heterocycles. The Bertz CT molecular complexity index is 174. The van der Waals surface area contributed by atoms with E-state index in [9.17, 15) is 4.79 Å². The Morgan fingerprint density at radius 1 is 1.78 bits per heavy atom. The van der Waals surface area contributed by atoms with E-state index in [2.05, 4.69) is 9.98 Å². The normalized spacial score (nSPS) is 25.0. The van der Waals surface area contributed by atoms with Gasteiger partial charge in [-0.2, -0.15) is 4.99 Å². The molecule has 0 saturated heterocycles. The summed E-state index contributed by atoms with van der Waals surface area (Å²) in [6, 6.07) is 0. The number of carbonyl (C=O) groups is 1. The quantitative estimate of drug-likeness (QED) is 0.481. The zero-order valence-electron chi connectivity index (χ0n) is 4.94. The molecular weight excluding hydrogens is 120 g/mol. The Kier molecular flexibility index (Phi) is 1.69. The molecule has 0 fully saturated rings. The van der Waals surface area contributed by atoms with Crippen LogP contribution in [-0.4, -0.2) is 31.7 Å². The van der Waals surface area contributed by atoms with Crippen molar-refractivity contribution in [3.8, 4) is 0 Å². The van der Waals surface area contributed by atoms with Crippen LogP contribution in [0.4, 0.5) is 0 Å². The van der Waals surface area contributed by atoms with Gasteiger partial charge in [0.2, 0.25) is 0 Å². The van der Waals surface area contributed by atoms with Crippen LogP contribution in [0.1, 0.15) is 0 Å². The molecule has 1 amide bonds. The first-order chi connectivity index (χ1) is 4.34. The van der Waals surface area contributed by atoms with Crippen molar-refractivity contribution in [2.24, 2.45) is 9.98 Å². The summed E-state index contributed by atoms with van der Waals surface area (Å²) in [7, 11) is 1.44. The second kappa shape index (κ2) is 2.50. The van der Waals surface area contributed by atoms with Gasteiger partial charge in [-0.1, -0.05) is 0 Å². The number of hydrogen-bond acceptors (Lipinski definition) is 3. The van der Waals surface area contributed by atoms with Gasteiger partial charge in [0.15, 0.2) is 6.10 Å². The van der Waals surface area contributed by atoms with Crippen molar-refractivity contribution in [3.05, 3.63) is 0 Å². The number of carbonyl (C=O) groups excluding carboxylic acids is 1. The maximum Gasteiger partial charge on any atom is 0.281 e. The number of rotatable bonds is 1. The second-order valence-electron chi connectivity index (χ2n) is 1.54. The fraction of sp³-hybridized carbons (Fsp3) is 0.400. The van der Waals surface area contributed by atoms with Gasteiger partial charge < -0.3 is 4.74 Å². The third-order valence-electron chi connectivity index (χ3n) is 0.970. The molecule has 0 unspecified atom stereocenters. The standard InChI is InChI=1S/C5H6N2O2/c1-9-4-2-6-3-7-5(4)8/h2-4H,1H3/t4-/m0/s1. The monoisotopic (exact) mass is 126 g/mol. The van der Waals surface area contributed by atoms with Crippen molar-refractivity contribution in [1.29, 1.82) is 0 Å². The van der Waals surface area contributed by atoms with Gasteiger partial charge in [0, 0.05) is 13.3 Å². The van der Waals surface area contributed by atoms with Gasteiger partial charge in [-0.05, 0) is 0 Å². The molecule has 48 valence electrons. The molecule has 4 heteroatoms. The Morgan fingerprint density at radius 3 is 3.00 bits per heavy atom. The Hall–Kier alpha value is -1.03. The zero-order chi connectivity index (χ0) is 6.69. The number of aliphatic imine (C=N–C) groups is 2. The lowest BCUT2D eigenvalue weighted by molar-refractivity contribution is -0.123. The molecule has 1 aliphatic rings. The van der Waals surface area contributed by atoms with Crippen molar-refractivity contribution in [1.82, 2.24) is 0 Å². The van der Waals surface area contributed by atoms with Gasteiger partial charge in [-0.15, -0.1) is 0 Å². The average Bonchev–Trinajstić information content (AvgIpc) is 1.89. The molecule has 1 rings (SSSR count). The van der Waals surface area contributed by atoms with Crippen LogP contribution in [0.2, 0.25) is 0 Å². The Balaban J connectivity index is 2.66. The largest absolute Gasteiger partial charge is 0.366 e. The van der Waals surface area contributed by atoms with E-state index in [1.807, 2.05) is 0 Å². The van der Waals surface area contributed by atoms with Crippen LogP contribution in [-0.2, 0) is 9.53 Å². The SMILES string of the molecule is CO[C@H]1C=NC=NC1=O. The first-order valence-corrected chi connectivity index (χ1v) is 2.47. The number of ether oxygens (including phenoxy) is 1. The van der Waals surface area contributed by atoms with Gasteiger partial charge in [0.25, 0.3) is 5.91 Å². The molecule has 0 aliphatic carbocycles. The molecular formula is C5H6N2O2. The van der Waals surface area contributed by atoms with E-state index < -0.39 is 6.10 Å². The lowest BCUT2D eigenvalue weighted by Crippen LogP contribution is -2.24. The minimum atomic E-state index is -0.574. The van der Waals surface area contributed by atoms with Crippen LogP contribution in [0.3, 0.4) is 0 Å². The van der Waals surface area contributed by atoms with Crippen molar-refractivity contribution < 1.29 is 9.53 Å². The van der Waals surface area contributed by atoms with Crippen molar-refractivity contribution in [2.75, 3.05) is 7.11 Å². The van der Waals surface area contributed by atoms with Gasteiger partial charge in [-0.25, -0.2) is 4.99 Å². The van der Waals surface area contributed by atoms with Crippen LogP contribution in [0.5, 0.6) is 0 Å². The van der Waals surface area contributed by atoms with Crippen molar-refractivity contribution >= 4 is 18.5 Å². The minimum Gasteiger partial charge on any atom is -0.366 e. The first-order valence-electron chi connectivity index (χ1n) is 2.47.